The van der Waals surface area contributed by atoms with Crippen LogP contribution in [0.1, 0.15) is 17.4 Å². The molecule has 100 valence electrons. The molecule has 5 heteroatoms. The third-order valence-corrected chi connectivity index (χ3v) is 2.72. The van der Waals surface area contributed by atoms with E-state index >= 15 is 0 Å². The zero-order chi connectivity index (χ0) is 13.8. The highest BCUT2D eigenvalue weighted by Crippen LogP contribution is 2.32. The van der Waals surface area contributed by atoms with E-state index in [0.717, 1.165) is 11.3 Å². The van der Waals surface area contributed by atoms with Gasteiger partial charge in [-0.15, -0.1) is 0 Å². The highest BCUT2D eigenvalue weighted by molar-refractivity contribution is 5.93. The van der Waals surface area contributed by atoms with Crippen molar-refractivity contribution in [2.45, 2.75) is 6.92 Å². The molecular weight excluding hydrogens is 244 g/mol. The Labute approximate surface area is 111 Å². The van der Waals surface area contributed by atoms with Crippen molar-refractivity contribution < 1.29 is 14.3 Å². The number of esters is 1. The van der Waals surface area contributed by atoms with E-state index in [9.17, 15) is 4.79 Å². The first kappa shape index (κ1) is 13.1. The summed E-state index contributed by atoms with van der Waals surface area (Å²) in [6, 6.07) is 9.65. The number of carbonyl (C=O) groups is 1. The zero-order valence-electron chi connectivity index (χ0n) is 11.2. The molecule has 0 aliphatic carbocycles. The third-order valence-electron chi connectivity index (χ3n) is 2.72. The molecule has 1 aromatic heterocycles. The molecule has 0 N–H and O–H groups in total. The van der Waals surface area contributed by atoms with Crippen molar-refractivity contribution >= 4 is 5.97 Å². The summed E-state index contributed by atoms with van der Waals surface area (Å²) in [5, 5.41) is 4.19. The maximum Gasteiger partial charge on any atom is 0.362 e. The molecule has 0 saturated heterocycles. The molecule has 0 aliphatic heterocycles. The first-order chi connectivity index (χ1) is 9.19. The molecule has 0 saturated carbocycles. The van der Waals surface area contributed by atoms with Crippen LogP contribution in [0.2, 0.25) is 0 Å². The van der Waals surface area contributed by atoms with Gasteiger partial charge in [0.25, 0.3) is 0 Å². The quantitative estimate of drug-likeness (QED) is 0.791. The van der Waals surface area contributed by atoms with Crippen molar-refractivity contribution in [2.24, 2.45) is 7.05 Å². The van der Waals surface area contributed by atoms with E-state index in [2.05, 4.69) is 5.10 Å². The molecule has 0 atom stereocenters. The number of ether oxygens (including phenoxy) is 2. The summed E-state index contributed by atoms with van der Waals surface area (Å²) in [6.45, 7) is 2.06. The molecule has 0 bridgehead atoms. The fourth-order valence-electron chi connectivity index (χ4n) is 1.94. The minimum absolute atomic E-state index is 0.200. The second-order valence-electron chi connectivity index (χ2n) is 3.94. The van der Waals surface area contributed by atoms with Crippen molar-refractivity contribution in [3.05, 3.63) is 36.0 Å². The number of rotatable bonds is 4. The van der Waals surface area contributed by atoms with Gasteiger partial charge >= 0.3 is 5.97 Å². The Morgan fingerprint density at radius 2 is 2.00 bits per heavy atom. The predicted octanol–water partition coefficient (Wildman–Crippen LogP) is 2.27. The molecule has 1 heterocycles. The third kappa shape index (κ3) is 2.45. The lowest BCUT2D eigenvalue weighted by atomic mass is 10.1. The van der Waals surface area contributed by atoms with E-state index in [0.29, 0.717) is 12.4 Å². The summed E-state index contributed by atoms with van der Waals surface area (Å²) in [7, 11) is 3.29. The highest BCUT2D eigenvalue weighted by atomic mass is 16.5. The topological polar surface area (TPSA) is 53.3 Å². The molecule has 1 aromatic carbocycles. The van der Waals surface area contributed by atoms with E-state index < -0.39 is 5.97 Å². The highest BCUT2D eigenvalue weighted by Gasteiger charge is 2.24. The normalized spacial score (nSPS) is 10.3. The molecule has 0 amide bonds. The van der Waals surface area contributed by atoms with Crippen molar-refractivity contribution in [3.8, 4) is 17.0 Å². The molecular formula is C14H16N2O3. The van der Waals surface area contributed by atoms with Gasteiger partial charge < -0.3 is 9.47 Å². The Balaban J connectivity index is 2.54. The van der Waals surface area contributed by atoms with Crippen LogP contribution in [0.4, 0.5) is 0 Å². The summed E-state index contributed by atoms with van der Waals surface area (Å²) in [6.07, 6.45) is 0. The summed E-state index contributed by atoms with van der Waals surface area (Å²) < 4.78 is 11.9. The van der Waals surface area contributed by atoms with Gasteiger partial charge in [-0.1, -0.05) is 30.3 Å². The standard InChI is InChI=1S/C14H16N2O3/c1-4-19-14(17)11-13(18-3)12(16(2)15-11)10-8-6-5-7-9-10/h5-9H,4H2,1-3H3. The maximum absolute atomic E-state index is 11.8. The number of nitrogens with zero attached hydrogens (tertiary/aromatic N) is 2. The number of hydrogen-bond acceptors (Lipinski definition) is 4. The van der Waals surface area contributed by atoms with Crippen LogP contribution in [-0.2, 0) is 11.8 Å². The van der Waals surface area contributed by atoms with Crippen LogP contribution in [0.15, 0.2) is 30.3 Å². The second-order valence-corrected chi connectivity index (χ2v) is 3.94. The van der Waals surface area contributed by atoms with Gasteiger partial charge in [0.1, 0.15) is 5.69 Å². The monoisotopic (exact) mass is 260 g/mol. The Hall–Kier alpha value is -2.30. The zero-order valence-corrected chi connectivity index (χ0v) is 11.2. The van der Waals surface area contributed by atoms with Crippen molar-refractivity contribution in [3.63, 3.8) is 0 Å². The molecule has 0 radical (unpaired) electrons. The molecule has 0 aliphatic rings. The summed E-state index contributed by atoms with van der Waals surface area (Å²) in [5.41, 5.74) is 1.89. The van der Waals surface area contributed by atoms with Crippen molar-refractivity contribution in [1.82, 2.24) is 9.78 Å². The molecule has 2 aromatic rings. The Bertz CT molecular complexity index is 576. The molecule has 0 fully saturated rings. The predicted molar refractivity (Wildman–Crippen MR) is 71.2 cm³/mol. The van der Waals surface area contributed by atoms with Crippen LogP contribution in [-0.4, -0.2) is 29.5 Å². The van der Waals surface area contributed by atoms with Crippen LogP contribution in [0.5, 0.6) is 5.75 Å². The van der Waals surface area contributed by atoms with Gasteiger partial charge in [-0.05, 0) is 6.92 Å². The van der Waals surface area contributed by atoms with Crippen LogP contribution >= 0.6 is 0 Å². The minimum atomic E-state index is -0.475. The summed E-state index contributed by atoms with van der Waals surface area (Å²) in [5.74, 6) is -0.0377. The van der Waals surface area contributed by atoms with Crippen LogP contribution in [0.3, 0.4) is 0 Å². The Kier molecular flexibility index (Phi) is 3.85. The van der Waals surface area contributed by atoms with Gasteiger partial charge in [0.2, 0.25) is 5.69 Å². The fraction of sp³-hybridized carbons (Fsp3) is 0.286. The van der Waals surface area contributed by atoms with Gasteiger partial charge in [0.15, 0.2) is 5.75 Å². The van der Waals surface area contributed by atoms with Crippen molar-refractivity contribution in [2.75, 3.05) is 13.7 Å². The number of benzene rings is 1. The Morgan fingerprint density at radius 3 is 2.58 bits per heavy atom. The van der Waals surface area contributed by atoms with Crippen LogP contribution in [0.25, 0.3) is 11.3 Å². The van der Waals surface area contributed by atoms with Gasteiger partial charge in [-0.25, -0.2) is 4.79 Å². The van der Waals surface area contributed by atoms with E-state index in [1.807, 2.05) is 30.3 Å². The van der Waals surface area contributed by atoms with E-state index in [1.165, 1.54) is 7.11 Å². The fourth-order valence-corrected chi connectivity index (χ4v) is 1.94. The lowest BCUT2D eigenvalue weighted by Gasteiger charge is -2.05. The number of methoxy groups -OCH3 is 1. The van der Waals surface area contributed by atoms with E-state index in [1.54, 1.807) is 18.7 Å². The van der Waals surface area contributed by atoms with Gasteiger partial charge in [0.05, 0.1) is 13.7 Å². The van der Waals surface area contributed by atoms with Crippen LogP contribution in [0, 0.1) is 0 Å². The molecule has 0 spiro atoms. The Morgan fingerprint density at radius 1 is 1.32 bits per heavy atom. The second kappa shape index (κ2) is 5.56. The summed E-state index contributed by atoms with van der Waals surface area (Å²) >= 11 is 0. The van der Waals surface area contributed by atoms with E-state index in [-0.39, 0.29) is 5.69 Å². The summed E-state index contributed by atoms with van der Waals surface area (Å²) in [4.78, 5) is 11.8. The average molecular weight is 260 g/mol. The number of aromatic nitrogens is 2. The number of aryl methyl sites for hydroxylation is 1. The number of carbonyl (C=O) groups excluding carboxylic acids is 1. The maximum atomic E-state index is 11.8. The van der Waals surface area contributed by atoms with Crippen LogP contribution < -0.4 is 4.74 Å². The molecule has 19 heavy (non-hydrogen) atoms. The lowest BCUT2D eigenvalue weighted by Crippen LogP contribution is -2.07. The first-order valence-corrected chi connectivity index (χ1v) is 6.02. The molecule has 0 unspecified atom stereocenters. The smallest absolute Gasteiger partial charge is 0.362 e. The first-order valence-electron chi connectivity index (χ1n) is 6.02. The van der Waals surface area contributed by atoms with Gasteiger partial charge in [-0.2, -0.15) is 5.10 Å². The molecule has 2 rings (SSSR count). The minimum Gasteiger partial charge on any atom is -0.492 e. The average Bonchev–Trinajstić information content (AvgIpc) is 2.77. The van der Waals surface area contributed by atoms with Gasteiger partial charge in [0, 0.05) is 12.6 Å². The van der Waals surface area contributed by atoms with E-state index in [4.69, 9.17) is 9.47 Å². The lowest BCUT2D eigenvalue weighted by molar-refractivity contribution is 0.0515. The van der Waals surface area contributed by atoms with Crippen molar-refractivity contribution in [1.29, 1.82) is 0 Å². The SMILES string of the molecule is CCOC(=O)c1nn(C)c(-c2ccccc2)c1OC. The number of hydrogen-bond donors (Lipinski definition) is 0. The van der Waals surface area contributed by atoms with Gasteiger partial charge in [-0.3, -0.25) is 4.68 Å². The molecule has 5 nitrogen and oxygen atoms in total. The largest absolute Gasteiger partial charge is 0.492 e.